The molecule has 0 saturated carbocycles. The summed E-state index contributed by atoms with van der Waals surface area (Å²) < 4.78 is 32.1. The third-order valence-corrected chi connectivity index (χ3v) is 6.50. The number of anilines is 2. The number of hydrogen-bond acceptors (Lipinski definition) is 6. The van der Waals surface area contributed by atoms with Crippen LogP contribution in [0.5, 0.6) is 5.75 Å². The van der Waals surface area contributed by atoms with Crippen molar-refractivity contribution >= 4 is 21.5 Å². The molecule has 2 aromatic carbocycles. The first-order chi connectivity index (χ1) is 16.0. The minimum Gasteiger partial charge on any atom is -0.488 e. The smallest absolute Gasteiger partial charge is 0.215 e. The molecule has 0 bridgehead atoms. The SMILES string of the molecule is CNS(=O)(=O)Cc1cccc(Nc2cc(-c3ccccc3OCC3=CCCC=C3)ncn2)c1. The Labute approximate surface area is 194 Å². The number of benzene rings is 2. The van der Waals surface area contributed by atoms with Gasteiger partial charge in [-0.15, -0.1) is 0 Å². The molecular formula is C25H26N4O3S. The Bertz CT molecular complexity index is 1290. The van der Waals surface area contributed by atoms with Crippen molar-refractivity contribution in [2.75, 3.05) is 19.0 Å². The van der Waals surface area contributed by atoms with Crippen LogP contribution in [0, 0.1) is 0 Å². The van der Waals surface area contributed by atoms with E-state index in [2.05, 4.69) is 38.2 Å². The fourth-order valence-electron chi connectivity index (χ4n) is 3.49. The van der Waals surface area contributed by atoms with Crippen LogP contribution >= 0.6 is 0 Å². The van der Waals surface area contributed by atoms with E-state index in [-0.39, 0.29) is 5.75 Å². The Morgan fingerprint density at radius 3 is 2.73 bits per heavy atom. The lowest BCUT2D eigenvalue weighted by molar-refractivity contribution is 0.356. The van der Waals surface area contributed by atoms with E-state index < -0.39 is 10.0 Å². The van der Waals surface area contributed by atoms with Crippen molar-refractivity contribution in [2.24, 2.45) is 0 Å². The largest absolute Gasteiger partial charge is 0.488 e. The van der Waals surface area contributed by atoms with E-state index in [1.54, 1.807) is 12.1 Å². The molecular weight excluding hydrogens is 436 g/mol. The van der Waals surface area contributed by atoms with Gasteiger partial charge in [0, 0.05) is 17.3 Å². The van der Waals surface area contributed by atoms with Gasteiger partial charge in [0.25, 0.3) is 0 Å². The highest BCUT2D eigenvalue weighted by molar-refractivity contribution is 7.88. The molecule has 8 heteroatoms. The van der Waals surface area contributed by atoms with Gasteiger partial charge in [0.1, 0.15) is 24.5 Å². The number of sulfonamides is 1. The standard InChI is InChI=1S/C25H26N4O3S/c1-26-33(30,31)17-20-10-7-11-21(14-20)29-25-15-23(27-18-28-25)22-12-5-6-13-24(22)32-16-19-8-3-2-4-9-19/h3,5-15,18,26H,2,4,16-17H2,1H3,(H,27,28,29). The first-order valence-electron chi connectivity index (χ1n) is 10.7. The summed E-state index contributed by atoms with van der Waals surface area (Å²) >= 11 is 0. The normalized spacial score (nSPS) is 13.4. The summed E-state index contributed by atoms with van der Waals surface area (Å²) in [5.74, 6) is 1.26. The molecule has 0 fully saturated rings. The van der Waals surface area contributed by atoms with Gasteiger partial charge in [-0.2, -0.15) is 0 Å². The third kappa shape index (κ3) is 6.27. The molecule has 0 aliphatic heterocycles. The molecule has 0 spiro atoms. The van der Waals surface area contributed by atoms with Crippen LogP contribution in [-0.4, -0.2) is 32.0 Å². The molecule has 2 N–H and O–H groups in total. The van der Waals surface area contributed by atoms with E-state index in [4.69, 9.17) is 4.74 Å². The van der Waals surface area contributed by atoms with Crippen molar-refractivity contribution in [3.63, 3.8) is 0 Å². The Hall–Kier alpha value is -3.49. The Morgan fingerprint density at radius 2 is 1.91 bits per heavy atom. The van der Waals surface area contributed by atoms with E-state index in [1.807, 2.05) is 42.5 Å². The van der Waals surface area contributed by atoms with Crippen LogP contribution in [0.2, 0.25) is 0 Å². The van der Waals surface area contributed by atoms with Gasteiger partial charge in [0.2, 0.25) is 10.0 Å². The maximum atomic E-state index is 11.9. The number of nitrogens with one attached hydrogen (secondary N) is 2. The van der Waals surface area contributed by atoms with Gasteiger partial charge in [-0.25, -0.2) is 23.1 Å². The van der Waals surface area contributed by atoms with Crippen LogP contribution in [-0.2, 0) is 15.8 Å². The number of nitrogens with zero attached hydrogens (tertiary/aromatic N) is 2. The van der Waals surface area contributed by atoms with Crippen LogP contribution in [0.4, 0.5) is 11.5 Å². The Balaban J connectivity index is 1.52. The lowest BCUT2D eigenvalue weighted by Crippen LogP contribution is -2.20. The number of para-hydroxylation sites is 1. The molecule has 0 saturated heterocycles. The minimum atomic E-state index is -3.35. The zero-order valence-electron chi connectivity index (χ0n) is 18.4. The molecule has 33 heavy (non-hydrogen) atoms. The van der Waals surface area contributed by atoms with Crippen LogP contribution in [0.15, 0.2) is 84.7 Å². The van der Waals surface area contributed by atoms with Crippen molar-refractivity contribution in [3.8, 4) is 17.0 Å². The first kappa shape index (κ1) is 22.7. The number of hydrogen-bond donors (Lipinski definition) is 2. The second-order valence-electron chi connectivity index (χ2n) is 7.62. The highest BCUT2D eigenvalue weighted by Crippen LogP contribution is 2.30. The minimum absolute atomic E-state index is 0.0929. The van der Waals surface area contributed by atoms with Gasteiger partial charge in [0.15, 0.2) is 0 Å². The van der Waals surface area contributed by atoms with Gasteiger partial charge < -0.3 is 10.1 Å². The average Bonchev–Trinajstić information content (AvgIpc) is 2.84. The van der Waals surface area contributed by atoms with Crippen molar-refractivity contribution in [1.29, 1.82) is 0 Å². The highest BCUT2D eigenvalue weighted by atomic mass is 32.2. The van der Waals surface area contributed by atoms with Crippen LogP contribution < -0.4 is 14.8 Å². The highest BCUT2D eigenvalue weighted by Gasteiger charge is 2.11. The van der Waals surface area contributed by atoms with E-state index in [0.717, 1.165) is 35.5 Å². The zero-order valence-corrected chi connectivity index (χ0v) is 19.2. The van der Waals surface area contributed by atoms with Gasteiger partial charge in [-0.05, 0) is 55.3 Å². The third-order valence-electron chi connectivity index (χ3n) is 5.16. The maximum absolute atomic E-state index is 11.9. The van der Waals surface area contributed by atoms with E-state index in [1.165, 1.54) is 18.9 Å². The zero-order chi connectivity index (χ0) is 23.1. The second-order valence-corrected chi connectivity index (χ2v) is 9.55. The fourth-order valence-corrected chi connectivity index (χ4v) is 4.25. The van der Waals surface area contributed by atoms with Crippen LogP contribution in [0.25, 0.3) is 11.3 Å². The number of allylic oxidation sites excluding steroid dienone is 2. The van der Waals surface area contributed by atoms with Crippen LogP contribution in [0.3, 0.4) is 0 Å². The lowest BCUT2D eigenvalue weighted by atomic mass is 10.1. The summed E-state index contributed by atoms with van der Waals surface area (Å²) in [7, 11) is -1.94. The van der Waals surface area contributed by atoms with Crippen molar-refractivity contribution in [3.05, 3.63) is 90.3 Å². The van der Waals surface area contributed by atoms with Crippen LogP contribution in [0.1, 0.15) is 18.4 Å². The van der Waals surface area contributed by atoms with Gasteiger partial charge >= 0.3 is 0 Å². The fraction of sp³-hybridized carbons (Fsp3) is 0.200. The molecule has 0 amide bonds. The predicted molar refractivity (Wildman–Crippen MR) is 131 cm³/mol. The number of aromatic nitrogens is 2. The molecule has 1 heterocycles. The number of rotatable bonds is 9. The summed E-state index contributed by atoms with van der Waals surface area (Å²) in [5.41, 5.74) is 4.18. The molecule has 7 nitrogen and oxygen atoms in total. The Morgan fingerprint density at radius 1 is 1.03 bits per heavy atom. The summed E-state index contributed by atoms with van der Waals surface area (Å²) in [6.07, 6.45) is 10.1. The molecule has 0 unspecified atom stereocenters. The van der Waals surface area contributed by atoms with Crippen molar-refractivity contribution < 1.29 is 13.2 Å². The molecule has 4 rings (SSSR count). The molecule has 0 atom stereocenters. The second kappa shape index (κ2) is 10.4. The monoisotopic (exact) mass is 462 g/mol. The summed E-state index contributed by atoms with van der Waals surface area (Å²) in [4.78, 5) is 8.75. The summed E-state index contributed by atoms with van der Waals surface area (Å²) in [5, 5.41) is 3.24. The summed E-state index contributed by atoms with van der Waals surface area (Å²) in [6.45, 7) is 0.506. The van der Waals surface area contributed by atoms with E-state index >= 15 is 0 Å². The topological polar surface area (TPSA) is 93.2 Å². The van der Waals surface area contributed by atoms with Gasteiger partial charge in [-0.3, -0.25) is 0 Å². The molecule has 1 aliphatic carbocycles. The molecule has 1 aliphatic rings. The number of ether oxygens (including phenoxy) is 1. The molecule has 3 aromatic rings. The van der Waals surface area contributed by atoms with Gasteiger partial charge in [-0.1, -0.05) is 42.5 Å². The van der Waals surface area contributed by atoms with Crippen molar-refractivity contribution in [2.45, 2.75) is 18.6 Å². The predicted octanol–water partition coefficient (Wildman–Crippen LogP) is 4.59. The van der Waals surface area contributed by atoms with Gasteiger partial charge in [0.05, 0.1) is 11.4 Å². The molecule has 1 aromatic heterocycles. The Kier molecular flexibility index (Phi) is 7.16. The lowest BCUT2D eigenvalue weighted by Gasteiger charge is -2.14. The quantitative estimate of drug-likeness (QED) is 0.483. The summed E-state index contributed by atoms with van der Waals surface area (Å²) in [6, 6.07) is 16.9. The van der Waals surface area contributed by atoms with E-state index in [0.29, 0.717) is 18.0 Å². The average molecular weight is 463 g/mol. The first-order valence-corrected chi connectivity index (χ1v) is 12.3. The van der Waals surface area contributed by atoms with Crippen molar-refractivity contribution in [1.82, 2.24) is 14.7 Å². The van der Waals surface area contributed by atoms with E-state index in [9.17, 15) is 8.42 Å². The maximum Gasteiger partial charge on any atom is 0.215 e. The molecule has 0 radical (unpaired) electrons. The molecule has 170 valence electrons.